The lowest BCUT2D eigenvalue weighted by molar-refractivity contribution is 0.172. The summed E-state index contributed by atoms with van der Waals surface area (Å²) in [5, 5.41) is 9.05. The normalized spacial score (nSPS) is 13.1. The average Bonchev–Trinajstić information content (AvgIpc) is 2.28. The summed E-state index contributed by atoms with van der Waals surface area (Å²) in [6, 6.07) is 6.11. The van der Waals surface area contributed by atoms with Crippen LogP contribution in [-0.2, 0) is 6.54 Å². The second-order valence-corrected chi connectivity index (χ2v) is 4.39. The molecule has 0 aliphatic heterocycles. The second kappa shape index (κ2) is 6.61. The Balaban J connectivity index is 2.56. The molecule has 1 unspecified atom stereocenters. The fraction of sp³-hybridized carbons (Fsp3) is 0.615. The van der Waals surface area contributed by atoms with Crippen molar-refractivity contribution in [3.63, 3.8) is 0 Å². The van der Waals surface area contributed by atoms with Gasteiger partial charge in [0.25, 0.3) is 0 Å². The smallest absolute Gasteiger partial charge is 0.0547 e. The number of nitrogens with zero attached hydrogens (tertiary/aromatic N) is 2. The molecule has 0 radical (unpaired) electrons. The second-order valence-electron chi connectivity index (χ2n) is 4.39. The minimum absolute atomic E-state index is 0.248. The Morgan fingerprint density at radius 1 is 1.44 bits per heavy atom. The summed E-state index contributed by atoms with van der Waals surface area (Å²) < 4.78 is 0. The van der Waals surface area contributed by atoms with E-state index in [1.807, 2.05) is 19.1 Å². The highest BCUT2D eigenvalue weighted by molar-refractivity contribution is 5.09. The molecule has 0 aliphatic carbocycles. The van der Waals surface area contributed by atoms with Gasteiger partial charge in [-0.15, -0.1) is 0 Å². The third kappa shape index (κ3) is 4.29. The number of pyridine rings is 1. The first kappa shape index (κ1) is 13.1. The molecule has 1 heterocycles. The Labute approximate surface area is 98.1 Å². The third-order valence-corrected chi connectivity index (χ3v) is 2.66. The molecule has 3 heteroatoms. The monoisotopic (exact) mass is 222 g/mol. The number of hydrogen-bond donors (Lipinski definition) is 1. The van der Waals surface area contributed by atoms with Crippen molar-refractivity contribution in [3.8, 4) is 0 Å². The molecule has 90 valence electrons. The van der Waals surface area contributed by atoms with Crippen LogP contribution in [0.1, 0.15) is 25.2 Å². The number of aliphatic hydroxyl groups excluding tert-OH is 1. The number of aromatic nitrogens is 1. The van der Waals surface area contributed by atoms with Crippen LogP contribution in [-0.4, -0.2) is 34.7 Å². The minimum atomic E-state index is 0.248. The molecule has 0 amide bonds. The summed E-state index contributed by atoms with van der Waals surface area (Å²) in [6.45, 7) is 9.23. The molecule has 0 bridgehead atoms. The first-order valence-corrected chi connectivity index (χ1v) is 5.91. The molecule has 1 N–H and O–H groups in total. The highest BCUT2D eigenvalue weighted by Crippen LogP contribution is 2.06. The lowest BCUT2D eigenvalue weighted by atomic mass is 10.2. The van der Waals surface area contributed by atoms with Crippen LogP contribution >= 0.6 is 0 Å². The molecule has 0 saturated carbocycles. The third-order valence-electron chi connectivity index (χ3n) is 2.66. The summed E-state index contributed by atoms with van der Waals surface area (Å²) in [7, 11) is 0. The van der Waals surface area contributed by atoms with Crippen LogP contribution in [0.4, 0.5) is 0 Å². The SMILES string of the molecule is CCN(Cc1cccc(C)n1)CC(C)CO. The van der Waals surface area contributed by atoms with E-state index < -0.39 is 0 Å². The molecule has 0 fully saturated rings. The van der Waals surface area contributed by atoms with E-state index in [1.54, 1.807) is 0 Å². The maximum absolute atomic E-state index is 9.05. The summed E-state index contributed by atoms with van der Waals surface area (Å²) in [4.78, 5) is 6.80. The van der Waals surface area contributed by atoms with Crippen molar-refractivity contribution >= 4 is 0 Å². The predicted molar refractivity (Wildman–Crippen MR) is 66.2 cm³/mol. The van der Waals surface area contributed by atoms with Gasteiger partial charge in [0.1, 0.15) is 0 Å². The van der Waals surface area contributed by atoms with Crippen molar-refractivity contribution in [2.75, 3.05) is 19.7 Å². The first-order chi connectivity index (χ1) is 7.65. The van der Waals surface area contributed by atoms with E-state index in [0.29, 0.717) is 5.92 Å². The Morgan fingerprint density at radius 3 is 2.75 bits per heavy atom. The molecule has 1 atom stereocenters. The Bertz CT molecular complexity index is 315. The van der Waals surface area contributed by atoms with Crippen LogP contribution in [0.25, 0.3) is 0 Å². The van der Waals surface area contributed by atoms with Gasteiger partial charge >= 0.3 is 0 Å². The zero-order valence-corrected chi connectivity index (χ0v) is 10.5. The van der Waals surface area contributed by atoms with Gasteiger partial charge < -0.3 is 5.11 Å². The summed E-state index contributed by atoms with van der Waals surface area (Å²) in [5.41, 5.74) is 2.16. The fourth-order valence-corrected chi connectivity index (χ4v) is 1.72. The zero-order chi connectivity index (χ0) is 12.0. The summed E-state index contributed by atoms with van der Waals surface area (Å²) in [5.74, 6) is 0.324. The van der Waals surface area contributed by atoms with Gasteiger partial charge in [0.05, 0.1) is 5.69 Å². The molecule has 3 nitrogen and oxygen atoms in total. The zero-order valence-electron chi connectivity index (χ0n) is 10.5. The Morgan fingerprint density at radius 2 is 2.19 bits per heavy atom. The quantitative estimate of drug-likeness (QED) is 0.798. The molecule has 0 aromatic carbocycles. The minimum Gasteiger partial charge on any atom is -0.396 e. The standard InChI is InChI=1S/C13H22N2O/c1-4-15(8-11(2)10-16)9-13-7-5-6-12(3)14-13/h5-7,11,16H,4,8-10H2,1-3H3. The van der Waals surface area contributed by atoms with Gasteiger partial charge in [0.2, 0.25) is 0 Å². The van der Waals surface area contributed by atoms with Gasteiger partial charge in [-0.1, -0.05) is 19.9 Å². The molecule has 0 saturated heterocycles. The number of hydrogen-bond acceptors (Lipinski definition) is 3. The molecular formula is C13H22N2O. The Hall–Kier alpha value is -0.930. The number of aliphatic hydroxyl groups is 1. The van der Waals surface area contributed by atoms with Gasteiger partial charge in [-0.25, -0.2) is 0 Å². The van der Waals surface area contributed by atoms with Crippen LogP contribution in [0.3, 0.4) is 0 Å². The van der Waals surface area contributed by atoms with E-state index in [4.69, 9.17) is 5.11 Å². The van der Waals surface area contributed by atoms with Crippen molar-refractivity contribution in [2.24, 2.45) is 5.92 Å². The van der Waals surface area contributed by atoms with Crippen molar-refractivity contribution in [1.29, 1.82) is 0 Å². The van der Waals surface area contributed by atoms with E-state index in [-0.39, 0.29) is 6.61 Å². The van der Waals surface area contributed by atoms with E-state index in [9.17, 15) is 0 Å². The van der Waals surface area contributed by atoms with E-state index in [2.05, 4.69) is 29.8 Å². The fourth-order valence-electron chi connectivity index (χ4n) is 1.72. The average molecular weight is 222 g/mol. The first-order valence-electron chi connectivity index (χ1n) is 5.91. The van der Waals surface area contributed by atoms with Crippen LogP contribution in [0, 0.1) is 12.8 Å². The summed E-state index contributed by atoms with van der Waals surface area (Å²) in [6.07, 6.45) is 0. The largest absolute Gasteiger partial charge is 0.396 e. The molecule has 16 heavy (non-hydrogen) atoms. The Kier molecular flexibility index (Phi) is 5.43. The van der Waals surface area contributed by atoms with E-state index in [1.165, 1.54) is 0 Å². The van der Waals surface area contributed by atoms with Crippen LogP contribution in [0.2, 0.25) is 0 Å². The van der Waals surface area contributed by atoms with Gasteiger partial charge in [-0.3, -0.25) is 9.88 Å². The van der Waals surface area contributed by atoms with Gasteiger partial charge in [-0.2, -0.15) is 0 Å². The predicted octanol–water partition coefficient (Wildman–Crippen LogP) is 1.84. The molecule has 0 aliphatic rings. The van der Waals surface area contributed by atoms with E-state index >= 15 is 0 Å². The summed E-state index contributed by atoms with van der Waals surface area (Å²) >= 11 is 0. The highest BCUT2D eigenvalue weighted by Gasteiger charge is 2.09. The number of rotatable bonds is 6. The van der Waals surface area contributed by atoms with Crippen LogP contribution in [0.5, 0.6) is 0 Å². The van der Waals surface area contributed by atoms with Gasteiger partial charge in [0.15, 0.2) is 0 Å². The van der Waals surface area contributed by atoms with Gasteiger partial charge in [-0.05, 0) is 31.5 Å². The highest BCUT2D eigenvalue weighted by atomic mass is 16.3. The maximum Gasteiger partial charge on any atom is 0.0547 e. The molecular weight excluding hydrogens is 200 g/mol. The molecule has 1 rings (SSSR count). The number of aryl methyl sites for hydroxylation is 1. The molecule has 0 spiro atoms. The van der Waals surface area contributed by atoms with Crippen molar-refractivity contribution in [3.05, 3.63) is 29.6 Å². The van der Waals surface area contributed by atoms with Crippen molar-refractivity contribution in [2.45, 2.75) is 27.3 Å². The molecule has 1 aromatic heterocycles. The molecule has 1 aromatic rings. The topological polar surface area (TPSA) is 36.4 Å². The van der Waals surface area contributed by atoms with Crippen molar-refractivity contribution in [1.82, 2.24) is 9.88 Å². The maximum atomic E-state index is 9.05. The van der Waals surface area contributed by atoms with Crippen LogP contribution in [0.15, 0.2) is 18.2 Å². The van der Waals surface area contributed by atoms with Gasteiger partial charge in [0, 0.05) is 25.4 Å². The van der Waals surface area contributed by atoms with Crippen molar-refractivity contribution < 1.29 is 5.11 Å². The van der Waals surface area contributed by atoms with E-state index in [0.717, 1.165) is 31.0 Å². The van der Waals surface area contributed by atoms with Crippen LogP contribution < -0.4 is 0 Å². The lowest BCUT2D eigenvalue weighted by Crippen LogP contribution is -2.29. The lowest BCUT2D eigenvalue weighted by Gasteiger charge is -2.23.